The van der Waals surface area contributed by atoms with E-state index in [1.165, 1.54) is 6.42 Å². The van der Waals surface area contributed by atoms with Crippen LogP contribution in [0.25, 0.3) is 0 Å². The molecule has 4 heteroatoms. The van der Waals surface area contributed by atoms with Gasteiger partial charge < -0.3 is 10.0 Å². The molecule has 0 unspecified atom stereocenters. The maximum atomic E-state index is 12.4. The van der Waals surface area contributed by atoms with Crippen molar-refractivity contribution in [2.75, 3.05) is 13.1 Å². The van der Waals surface area contributed by atoms with Gasteiger partial charge in [0.05, 0.1) is 6.42 Å². The zero-order chi connectivity index (χ0) is 15.2. The number of carbonyl (C=O) groups is 2. The standard InChI is InChI=1S/C17H23NO3/c1-13-6-5-9-18(12-13)16(19)10-15(11-17(20)21)14-7-3-2-4-8-14/h2-4,7-8,13,15H,5-6,9-12H2,1H3,(H,20,21)/t13-,15-/m1/s1. The molecule has 1 aliphatic rings. The molecule has 21 heavy (non-hydrogen) atoms. The molecule has 1 saturated heterocycles. The van der Waals surface area contributed by atoms with E-state index < -0.39 is 5.97 Å². The SMILES string of the molecule is C[C@@H]1CCCN(C(=O)C[C@H](CC(=O)O)c2ccccc2)C1. The third kappa shape index (κ3) is 4.59. The molecule has 1 aliphatic heterocycles. The molecule has 2 rings (SSSR count). The third-order valence-electron chi connectivity index (χ3n) is 4.12. The topological polar surface area (TPSA) is 57.6 Å². The normalized spacial score (nSPS) is 20.0. The molecule has 4 nitrogen and oxygen atoms in total. The number of aliphatic carboxylic acids is 1. The van der Waals surface area contributed by atoms with Crippen molar-refractivity contribution in [2.45, 2.75) is 38.5 Å². The molecule has 1 fully saturated rings. The van der Waals surface area contributed by atoms with E-state index in [-0.39, 0.29) is 24.7 Å². The smallest absolute Gasteiger partial charge is 0.303 e. The number of carboxylic acids is 1. The van der Waals surface area contributed by atoms with Gasteiger partial charge in [0.2, 0.25) is 5.91 Å². The Morgan fingerprint density at radius 3 is 2.62 bits per heavy atom. The summed E-state index contributed by atoms with van der Waals surface area (Å²) in [5.41, 5.74) is 0.929. The van der Waals surface area contributed by atoms with Crippen molar-refractivity contribution in [1.82, 2.24) is 4.90 Å². The van der Waals surface area contributed by atoms with Crippen molar-refractivity contribution < 1.29 is 14.7 Å². The Morgan fingerprint density at radius 2 is 2.00 bits per heavy atom. The van der Waals surface area contributed by atoms with Gasteiger partial charge in [0.1, 0.15) is 0 Å². The predicted molar refractivity (Wildman–Crippen MR) is 81.0 cm³/mol. The summed E-state index contributed by atoms with van der Waals surface area (Å²) in [5.74, 6) is -0.480. The Bertz CT molecular complexity index is 486. The molecule has 0 radical (unpaired) electrons. The fraction of sp³-hybridized carbons (Fsp3) is 0.529. The van der Waals surface area contributed by atoms with Crippen molar-refractivity contribution in [3.05, 3.63) is 35.9 Å². The summed E-state index contributed by atoms with van der Waals surface area (Å²) in [6.45, 7) is 3.76. The van der Waals surface area contributed by atoms with Crippen LogP contribution in [-0.4, -0.2) is 35.0 Å². The molecule has 114 valence electrons. The first-order chi connectivity index (χ1) is 10.1. The van der Waals surface area contributed by atoms with Gasteiger partial charge in [-0.2, -0.15) is 0 Å². The van der Waals surface area contributed by atoms with Gasteiger partial charge in [0, 0.05) is 25.4 Å². The molecular weight excluding hydrogens is 266 g/mol. The van der Waals surface area contributed by atoms with Crippen LogP contribution in [0.2, 0.25) is 0 Å². The third-order valence-corrected chi connectivity index (χ3v) is 4.12. The largest absolute Gasteiger partial charge is 0.481 e. The predicted octanol–water partition coefficient (Wildman–Crippen LogP) is 2.89. The number of carbonyl (C=O) groups excluding carboxylic acids is 1. The minimum Gasteiger partial charge on any atom is -0.481 e. The second-order valence-electron chi connectivity index (χ2n) is 6.00. The van der Waals surface area contributed by atoms with Crippen LogP contribution in [0.1, 0.15) is 44.1 Å². The number of amides is 1. The highest BCUT2D eigenvalue weighted by atomic mass is 16.4. The zero-order valence-corrected chi connectivity index (χ0v) is 12.5. The van der Waals surface area contributed by atoms with E-state index in [0.29, 0.717) is 5.92 Å². The van der Waals surface area contributed by atoms with E-state index in [9.17, 15) is 9.59 Å². The minimum atomic E-state index is -0.858. The van der Waals surface area contributed by atoms with Gasteiger partial charge >= 0.3 is 5.97 Å². The molecule has 0 bridgehead atoms. The lowest BCUT2D eigenvalue weighted by molar-refractivity contribution is -0.138. The summed E-state index contributed by atoms with van der Waals surface area (Å²) in [6, 6.07) is 9.48. The van der Waals surface area contributed by atoms with Gasteiger partial charge in [-0.25, -0.2) is 0 Å². The lowest BCUT2D eigenvalue weighted by Gasteiger charge is -2.32. The lowest BCUT2D eigenvalue weighted by atomic mass is 9.91. The summed E-state index contributed by atoms with van der Waals surface area (Å²) in [6.07, 6.45) is 2.49. The average molecular weight is 289 g/mol. The number of rotatable bonds is 5. The van der Waals surface area contributed by atoms with Crippen LogP contribution >= 0.6 is 0 Å². The van der Waals surface area contributed by atoms with Crippen molar-refractivity contribution in [2.24, 2.45) is 5.92 Å². The number of carboxylic acid groups (broad SMARTS) is 1. The van der Waals surface area contributed by atoms with E-state index >= 15 is 0 Å². The molecule has 1 aromatic carbocycles. The number of hydrogen-bond acceptors (Lipinski definition) is 2. The fourth-order valence-electron chi connectivity index (χ4n) is 3.00. The van der Waals surface area contributed by atoms with Gasteiger partial charge in [-0.3, -0.25) is 9.59 Å². The number of benzene rings is 1. The van der Waals surface area contributed by atoms with Crippen LogP contribution in [0.4, 0.5) is 0 Å². The Balaban J connectivity index is 2.04. The Kier molecular flexibility index (Phi) is 5.37. The van der Waals surface area contributed by atoms with Crippen molar-refractivity contribution >= 4 is 11.9 Å². The Hall–Kier alpha value is -1.84. The summed E-state index contributed by atoms with van der Waals surface area (Å²) < 4.78 is 0. The Morgan fingerprint density at radius 1 is 1.29 bits per heavy atom. The summed E-state index contributed by atoms with van der Waals surface area (Å²) in [5, 5.41) is 9.09. The van der Waals surface area contributed by atoms with Crippen molar-refractivity contribution in [1.29, 1.82) is 0 Å². The van der Waals surface area contributed by atoms with Crippen LogP contribution in [0, 0.1) is 5.92 Å². The second kappa shape index (κ2) is 7.25. The van der Waals surface area contributed by atoms with Crippen LogP contribution in [-0.2, 0) is 9.59 Å². The fourth-order valence-corrected chi connectivity index (χ4v) is 3.00. The molecule has 1 heterocycles. The van der Waals surface area contributed by atoms with Gasteiger partial charge in [-0.05, 0) is 24.3 Å². The number of likely N-dealkylation sites (tertiary alicyclic amines) is 1. The summed E-state index contributed by atoms with van der Waals surface area (Å²) in [4.78, 5) is 25.4. The summed E-state index contributed by atoms with van der Waals surface area (Å²) >= 11 is 0. The molecule has 0 saturated carbocycles. The highest BCUT2D eigenvalue weighted by Gasteiger charge is 2.25. The molecular formula is C17H23NO3. The van der Waals surface area contributed by atoms with E-state index in [0.717, 1.165) is 25.1 Å². The lowest BCUT2D eigenvalue weighted by Crippen LogP contribution is -2.39. The average Bonchev–Trinajstić information content (AvgIpc) is 2.47. The maximum Gasteiger partial charge on any atom is 0.303 e. The second-order valence-corrected chi connectivity index (χ2v) is 6.00. The monoisotopic (exact) mass is 289 g/mol. The molecule has 2 atom stereocenters. The summed E-state index contributed by atoms with van der Waals surface area (Å²) in [7, 11) is 0. The number of hydrogen-bond donors (Lipinski definition) is 1. The molecule has 0 spiro atoms. The van der Waals surface area contributed by atoms with E-state index in [1.807, 2.05) is 35.2 Å². The first kappa shape index (κ1) is 15.5. The molecule has 0 aromatic heterocycles. The first-order valence-corrected chi connectivity index (χ1v) is 7.60. The highest BCUT2D eigenvalue weighted by Crippen LogP contribution is 2.26. The van der Waals surface area contributed by atoms with Crippen LogP contribution in [0.15, 0.2) is 30.3 Å². The number of nitrogens with zero attached hydrogens (tertiary/aromatic N) is 1. The van der Waals surface area contributed by atoms with Gasteiger partial charge in [-0.1, -0.05) is 37.3 Å². The molecule has 1 aromatic rings. The first-order valence-electron chi connectivity index (χ1n) is 7.60. The molecule has 0 aliphatic carbocycles. The maximum absolute atomic E-state index is 12.4. The van der Waals surface area contributed by atoms with Crippen LogP contribution < -0.4 is 0 Å². The highest BCUT2D eigenvalue weighted by molar-refractivity contribution is 5.78. The molecule has 1 N–H and O–H groups in total. The van der Waals surface area contributed by atoms with Crippen LogP contribution in [0.3, 0.4) is 0 Å². The number of piperidine rings is 1. The van der Waals surface area contributed by atoms with E-state index in [4.69, 9.17) is 5.11 Å². The van der Waals surface area contributed by atoms with Gasteiger partial charge in [-0.15, -0.1) is 0 Å². The van der Waals surface area contributed by atoms with Crippen LogP contribution in [0.5, 0.6) is 0 Å². The van der Waals surface area contributed by atoms with E-state index in [2.05, 4.69) is 6.92 Å². The zero-order valence-electron chi connectivity index (χ0n) is 12.5. The quantitative estimate of drug-likeness (QED) is 0.906. The van der Waals surface area contributed by atoms with Gasteiger partial charge in [0.15, 0.2) is 0 Å². The van der Waals surface area contributed by atoms with Crippen molar-refractivity contribution in [3.8, 4) is 0 Å². The van der Waals surface area contributed by atoms with Crippen molar-refractivity contribution in [3.63, 3.8) is 0 Å². The molecule has 1 amide bonds. The minimum absolute atomic E-state index is 0.000846. The van der Waals surface area contributed by atoms with Gasteiger partial charge in [0.25, 0.3) is 0 Å². The Labute approximate surface area is 125 Å². The van der Waals surface area contributed by atoms with E-state index in [1.54, 1.807) is 0 Å².